The molecular formula is C6H7ClO3. The summed E-state index contributed by atoms with van der Waals surface area (Å²) in [6.07, 6.45) is 0.970. The first-order chi connectivity index (χ1) is 4.74. The maximum Gasteiger partial charge on any atom is 0.199 e. The van der Waals surface area contributed by atoms with Crippen LogP contribution in [0.25, 0.3) is 0 Å². The number of hydrogen-bond donors (Lipinski definition) is 0. The number of ether oxygens (including phenoxy) is 2. The number of carbonyl (C=O) groups is 1. The van der Waals surface area contributed by atoms with E-state index in [0.717, 1.165) is 0 Å². The molecule has 0 radical (unpaired) electrons. The number of methoxy groups -OCH3 is 1. The van der Waals surface area contributed by atoms with Gasteiger partial charge in [0.25, 0.3) is 0 Å². The van der Waals surface area contributed by atoms with Crippen molar-refractivity contribution < 1.29 is 14.3 Å². The second kappa shape index (κ2) is 3.14. The van der Waals surface area contributed by atoms with E-state index in [2.05, 4.69) is 0 Å². The van der Waals surface area contributed by atoms with Crippen LogP contribution in [0.5, 0.6) is 0 Å². The molecular weight excluding hydrogens is 156 g/mol. The van der Waals surface area contributed by atoms with Crippen molar-refractivity contribution in [2.75, 3.05) is 13.7 Å². The Hall–Kier alpha value is -0.380. The van der Waals surface area contributed by atoms with Crippen LogP contribution in [-0.2, 0) is 14.3 Å². The fourth-order valence-electron chi connectivity index (χ4n) is 0.623. The van der Waals surface area contributed by atoms with Crippen LogP contribution in [0.3, 0.4) is 0 Å². The average Bonchev–Trinajstić information content (AvgIpc) is 1.95. The van der Waals surface area contributed by atoms with Crippen LogP contribution in [0.1, 0.15) is 0 Å². The van der Waals surface area contributed by atoms with Gasteiger partial charge in [-0.1, -0.05) is 11.6 Å². The Morgan fingerprint density at radius 2 is 2.60 bits per heavy atom. The van der Waals surface area contributed by atoms with Crippen LogP contribution < -0.4 is 0 Å². The van der Waals surface area contributed by atoms with Gasteiger partial charge in [-0.15, -0.1) is 0 Å². The number of rotatable bonds is 1. The molecule has 0 amide bonds. The third kappa shape index (κ3) is 1.56. The Morgan fingerprint density at radius 3 is 3.10 bits per heavy atom. The van der Waals surface area contributed by atoms with Crippen molar-refractivity contribution >= 4 is 17.4 Å². The Kier molecular flexibility index (Phi) is 2.43. The molecule has 0 aromatic heterocycles. The molecule has 1 heterocycles. The number of ketones is 1. The highest BCUT2D eigenvalue weighted by molar-refractivity contribution is 6.42. The van der Waals surface area contributed by atoms with E-state index < -0.39 is 6.29 Å². The molecule has 0 fully saturated rings. The molecule has 56 valence electrons. The first-order valence-corrected chi connectivity index (χ1v) is 3.16. The highest BCUT2D eigenvalue weighted by Crippen LogP contribution is 2.13. The molecule has 10 heavy (non-hydrogen) atoms. The minimum Gasteiger partial charge on any atom is -0.352 e. The van der Waals surface area contributed by atoms with Gasteiger partial charge in [-0.25, -0.2) is 0 Å². The minimum absolute atomic E-state index is 0.00778. The number of Topliss-reactive ketones (excluding diaryl/α,β-unsaturated/α-hetero) is 1. The van der Waals surface area contributed by atoms with E-state index in [1.165, 1.54) is 13.2 Å². The quantitative estimate of drug-likeness (QED) is 0.569. The van der Waals surface area contributed by atoms with Gasteiger partial charge in [0.1, 0.15) is 6.61 Å². The molecule has 0 saturated carbocycles. The van der Waals surface area contributed by atoms with Gasteiger partial charge in [0.2, 0.25) is 0 Å². The normalized spacial score (nSPS) is 26.4. The van der Waals surface area contributed by atoms with Gasteiger partial charge < -0.3 is 9.47 Å². The molecule has 1 unspecified atom stereocenters. The van der Waals surface area contributed by atoms with E-state index in [-0.39, 0.29) is 17.4 Å². The van der Waals surface area contributed by atoms with Crippen molar-refractivity contribution in [2.24, 2.45) is 0 Å². The topological polar surface area (TPSA) is 35.5 Å². The van der Waals surface area contributed by atoms with Crippen molar-refractivity contribution in [3.05, 3.63) is 11.1 Å². The summed E-state index contributed by atoms with van der Waals surface area (Å²) in [6, 6.07) is 0. The summed E-state index contributed by atoms with van der Waals surface area (Å²) < 4.78 is 9.65. The van der Waals surface area contributed by atoms with Crippen LogP contribution in [0.15, 0.2) is 11.1 Å². The van der Waals surface area contributed by atoms with E-state index in [9.17, 15) is 4.79 Å². The van der Waals surface area contributed by atoms with E-state index in [4.69, 9.17) is 21.1 Å². The maximum absolute atomic E-state index is 10.7. The zero-order valence-electron chi connectivity index (χ0n) is 5.46. The molecule has 1 rings (SSSR count). The summed E-state index contributed by atoms with van der Waals surface area (Å²) in [7, 11) is 1.49. The molecule has 3 nitrogen and oxygen atoms in total. The molecule has 0 N–H and O–H groups in total. The van der Waals surface area contributed by atoms with E-state index in [1.54, 1.807) is 0 Å². The highest BCUT2D eigenvalue weighted by atomic mass is 35.5. The van der Waals surface area contributed by atoms with Crippen LogP contribution in [0.4, 0.5) is 0 Å². The summed E-state index contributed by atoms with van der Waals surface area (Å²) in [5, 5.41) is 0.193. The Labute approximate surface area is 63.6 Å². The van der Waals surface area contributed by atoms with Crippen molar-refractivity contribution in [3.8, 4) is 0 Å². The van der Waals surface area contributed by atoms with Crippen LogP contribution in [0, 0.1) is 0 Å². The fraction of sp³-hybridized carbons (Fsp3) is 0.500. The van der Waals surface area contributed by atoms with Crippen molar-refractivity contribution in [1.82, 2.24) is 0 Å². The van der Waals surface area contributed by atoms with Gasteiger partial charge in [0.05, 0.1) is 5.03 Å². The second-order valence-electron chi connectivity index (χ2n) is 1.85. The molecule has 4 heteroatoms. The summed E-state index contributed by atoms with van der Waals surface area (Å²) in [5.74, 6) is -0.199. The van der Waals surface area contributed by atoms with E-state index in [0.29, 0.717) is 0 Å². The Balaban J connectivity index is 2.65. The SMILES string of the molecule is COC1C=C(Cl)C(=O)CO1. The molecule has 0 saturated heterocycles. The smallest absolute Gasteiger partial charge is 0.199 e. The molecule has 0 spiro atoms. The minimum atomic E-state index is -0.467. The summed E-state index contributed by atoms with van der Waals surface area (Å²) in [4.78, 5) is 10.7. The Morgan fingerprint density at radius 1 is 1.90 bits per heavy atom. The standard InChI is InChI=1S/C6H7ClO3/c1-9-6-2-4(7)5(8)3-10-6/h2,6H,3H2,1H3. The summed E-state index contributed by atoms with van der Waals surface area (Å²) in [6.45, 7) is 0.00778. The second-order valence-corrected chi connectivity index (χ2v) is 2.26. The third-order valence-corrected chi connectivity index (χ3v) is 1.50. The predicted molar refractivity (Wildman–Crippen MR) is 35.7 cm³/mol. The lowest BCUT2D eigenvalue weighted by Crippen LogP contribution is -2.24. The van der Waals surface area contributed by atoms with Gasteiger partial charge >= 0.3 is 0 Å². The molecule has 0 bridgehead atoms. The van der Waals surface area contributed by atoms with Crippen molar-refractivity contribution in [2.45, 2.75) is 6.29 Å². The maximum atomic E-state index is 10.7. The van der Waals surface area contributed by atoms with Gasteiger partial charge in [-0.05, 0) is 6.08 Å². The number of hydrogen-bond acceptors (Lipinski definition) is 3. The molecule has 0 aliphatic carbocycles. The summed E-state index contributed by atoms with van der Waals surface area (Å²) >= 11 is 5.49. The lowest BCUT2D eigenvalue weighted by atomic mass is 10.3. The Bertz CT molecular complexity index is 176. The predicted octanol–water partition coefficient (Wildman–Crippen LogP) is 0.681. The van der Waals surface area contributed by atoms with Crippen LogP contribution >= 0.6 is 11.6 Å². The first kappa shape index (κ1) is 7.72. The average molecular weight is 163 g/mol. The van der Waals surface area contributed by atoms with Crippen LogP contribution in [-0.4, -0.2) is 25.8 Å². The third-order valence-electron chi connectivity index (χ3n) is 1.16. The van der Waals surface area contributed by atoms with Crippen molar-refractivity contribution in [3.63, 3.8) is 0 Å². The largest absolute Gasteiger partial charge is 0.352 e. The number of halogens is 1. The molecule has 0 aromatic rings. The van der Waals surface area contributed by atoms with Crippen LogP contribution in [0.2, 0.25) is 0 Å². The lowest BCUT2D eigenvalue weighted by Gasteiger charge is -2.16. The summed E-state index contributed by atoms with van der Waals surface area (Å²) in [5.41, 5.74) is 0. The van der Waals surface area contributed by atoms with Gasteiger partial charge in [-0.3, -0.25) is 4.79 Å². The molecule has 0 aromatic carbocycles. The molecule has 1 atom stereocenters. The number of carbonyl (C=O) groups excluding carboxylic acids is 1. The monoisotopic (exact) mass is 162 g/mol. The van der Waals surface area contributed by atoms with Gasteiger partial charge in [0, 0.05) is 7.11 Å². The zero-order valence-corrected chi connectivity index (χ0v) is 6.22. The van der Waals surface area contributed by atoms with E-state index in [1.807, 2.05) is 0 Å². The first-order valence-electron chi connectivity index (χ1n) is 2.79. The molecule has 1 aliphatic heterocycles. The van der Waals surface area contributed by atoms with Gasteiger partial charge in [0.15, 0.2) is 12.1 Å². The van der Waals surface area contributed by atoms with Crippen molar-refractivity contribution in [1.29, 1.82) is 0 Å². The van der Waals surface area contributed by atoms with Gasteiger partial charge in [-0.2, -0.15) is 0 Å². The fourth-order valence-corrected chi connectivity index (χ4v) is 0.781. The zero-order chi connectivity index (χ0) is 7.56. The highest BCUT2D eigenvalue weighted by Gasteiger charge is 2.18. The van der Waals surface area contributed by atoms with E-state index >= 15 is 0 Å². The molecule has 1 aliphatic rings. The lowest BCUT2D eigenvalue weighted by molar-refractivity contribution is -0.136.